The molecule has 0 amide bonds. The summed E-state index contributed by atoms with van der Waals surface area (Å²) in [6, 6.07) is 10.8. The molecule has 0 fully saturated rings. The van der Waals surface area contributed by atoms with E-state index in [4.69, 9.17) is 5.73 Å². The number of benzene rings is 1. The van der Waals surface area contributed by atoms with Crippen molar-refractivity contribution < 1.29 is 8.42 Å². The molecule has 21 heavy (non-hydrogen) atoms. The first kappa shape index (κ1) is 14.2. The minimum atomic E-state index is -3.17. The highest BCUT2D eigenvalue weighted by atomic mass is 32.2. The van der Waals surface area contributed by atoms with Crippen molar-refractivity contribution in [3.63, 3.8) is 0 Å². The molecule has 0 spiro atoms. The first-order valence-electron chi connectivity index (χ1n) is 6.96. The van der Waals surface area contributed by atoms with Crippen molar-refractivity contribution in [3.05, 3.63) is 59.4 Å². The topological polar surface area (TPSA) is 73.0 Å². The zero-order chi connectivity index (χ0) is 15.0. The molecule has 2 N–H and O–H groups in total. The summed E-state index contributed by atoms with van der Waals surface area (Å²) in [5.74, 6) is 0.199. The summed E-state index contributed by atoms with van der Waals surface area (Å²) in [7, 11) is -3.17. The van der Waals surface area contributed by atoms with E-state index in [0.29, 0.717) is 4.90 Å². The van der Waals surface area contributed by atoms with E-state index in [1.165, 1.54) is 11.8 Å². The lowest BCUT2D eigenvalue weighted by Gasteiger charge is -2.20. The van der Waals surface area contributed by atoms with Gasteiger partial charge >= 0.3 is 0 Å². The number of sulfone groups is 1. The number of nitrogens with two attached hydrogens (primary N) is 1. The van der Waals surface area contributed by atoms with E-state index in [9.17, 15) is 8.42 Å². The number of hydrogen-bond acceptors (Lipinski definition) is 4. The average molecular weight is 302 g/mol. The van der Waals surface area contributed by atoms with Crippen LogP contribution >= 0.6 is 0 Å². The molecule has 1 aromatic carbocycles. The maximum absolute atomic E-state index is 11.5. The van der Waals surface area contributed by atoms with Crippen molar-refractivity contribution in [3.8, 4) is 0 Å². The minimum Gasteiger partial charge on any atom is -0.323 e. The Morgan fingerprint density at radius 1 is 1.24 bits per heavy atom. The van der Waals surface area contributed by atoms with Gasteiger partial charge in [0.05, 0.1) is 4.90 Å². The van der Waals surface area contributed by atoms with Gasteiger partial charge in [-0.2, -0.15) is 0 Å². The molecule has 2 unspecified atom stereocenters. The fourth-order valence-electron chi connectivity index (χ4n) is 2.96. The van der Waals surface area contributed by atoms with Crippen molar-refractivity contribution in [2.45, 2.75) is 29.7 Å². The fraction of sp³-hybridized carbons (Fsp3) is 0.312. The Morgan fingerprint density at radius 3 is 2.62 bits per heavy atom. The van der Waals surface area contributed by atoms with Crippen molar-refractivity contribution >= 4 is 9.84 Å². The second-order valence-corrected chi connectivity index (χ2v) is 7.58. The van der Waals surface area contributed by atoms with E-state index >= 15 is 0 Å². The minimum absolute atomic E-state index is 0.158. The Hall–Kier alpha value is -1.72. The number of pyridine rings is 1. The van der Waals surface area contributed by atoms with Gasteiger partial charge in [0.2, 0.25) is 0 Å². The number of rotatable bonds is 3. The molecule has 2 aromatic rings. The maximum Gasteiger partial charge on any atom is 0.175 e. The summed E-state index contributed by atoms with van der Waals surface area (Å²) in [5.41, 5.74) is 9.68. The zero-order valence-electron chi connectivity index (χ0n) is 11.9. The van der Waals surface area contributed by atoms with Crippen molar-refractivity contribution in [2.75, 3.05) is 6.26 Å². The number of aromatic nitrogens is 1. The van der Waals surface area contributed by atoms with E-state index in [2.05, 4.69) is 11.1 Å². The lowest BCUT2D eigenvalue weighted by molar-refractivity contribution is 0.541. The Labute approximate surface area is 124 Å². The number of hydrogen-bond donors (Lipinski definition) is 1. The van der Waals surface area contributed by atoms with Crippen LogP contribution in [0.3, 0.4) is 0 Å². The standard InChI is InChI=1S/C16H18N2O2S/c1-21(19,20)13-7-4-11(5-8-13)15(17)14-9-6-12-3-2-10-18-16(12)14/h2-5,7-8,10,14-15H,6,9,17H2,1H3. The first-order chi connectivity index (χ1) is 9.97. The number of aryl methyl sites for hydroxylation is 1. The third kappa shape index (κ3) is 2.71. The molecule has 3 rings (SSSR count). The van der Waals surface area contributed by atoms with Gasteiger partial charge in [0.15, 0.2) is 9.84 Å². The van der Waals surface area contributed by atoms with Gasteiger partial charge in [-0.1, -0.05) is 18.2 Å². The van der Waals surface area contributed by atoms with Crippen LogP contribution in [0.15, 0.2) is 47.5 Å². The molecular weight excluding hydrogens is 284 g/mol. The highest BCUT2D eigenvalue weighted by molar-refractivity contribution is 7.90. The highest BCUT2D eigenvalue weighted by Gasteiger charge is 2.29. The molecule has 0 radical (unpaired) electrons. The van der Waals surface area contributed by atoms with Crippen LogP contribution in [0.4, 0.5) is 0 Å². The molecular formula is C16H18N2O2S. The third-order valence-corrected chi connectivity index (χ3v) is 5.26. The molecule has 2 atom stereocenters. The molecule has 1 aromatic heterocycles. The van der Waals surface area contributed by atoms with Crippen LogP contribution in [0.5, 0.6) is 0 Å². The van der Waals surface area contributed by atoms with Gasteiger partial charge in [0.25, 0.3) is 0 Å². The highest BCUT2D eigenvalue weighted by Crippen LogP contribution is 2.39. The molecule has 1 heterocycles. The molecule has 0 saturated heterocycles. The monoisotopic (exact) mass is 302 g/mol. The smallest absolute Gasteiger partial charge is 0.175 e. The molecule has 0 bridgehead atoms. The van der Waals surface area contributed by atoms with Gasteiger partial charge in [-0.05, 0) is 42.2 Å². The Balaban J connectivity index is 1.88. The maximum atomic E-state index is 11.5. The van der Waals surface area contributed by atoms with Gasteiger partial charge < -0.3 is 5.73 Å². The average Bonchev–Trinajstić information content (AvgIpc) is 2.90. The van der Waals surface area contributed by atoms with E-state index < -0.39 is 9.84 Å². The molecule has 0 saturated carbocycles. The van der Waals surface area contributed by atoms with E-state index in [1.807, 2.05) is 18.2 Å². The summed E-state index contributed by atoms with van der Waals surface area (Å²) >= 11 is 0. The quantitative estimate of drug-likeness (QED) is 0.943. The predicted octanol–water partition coefficient (Wildman–Crippen LogP) is 2.21. The predicted molar refractivity (Wildman–Crippen MR) is 81.8 cm³/mol. The molecule has 0 aliphatic heterocycles. The molecule has 1 aliphatic rings. The van der Waals surface area contributed by atoms with Crippen LogP contribution in [0.2, 0.25) is 0 Å². The lowest BCUT2D eigenvalue weighted by atomic mass is 9.92. The van der Waals surface area contributed by atoms with Gasteiger partial charge in [-0.25, -0.2) is 8.42 Å². The van der Waals surface area contributed by atoms with Crippen LogP contribution < -0.4 is 5.73 Å². The van der Waals surface area contributed by atoms with E-state index in [0.717, 1.165) is 24.1 Å². The lowest BCUT2D eigenvalue weighted by Crippen LogP contribution is -2.19. The molecule has 1 aliphatic carbocycles. The summed E-state index contributed by atoms with van der Waals surface area (Å²) in [6.45, 7) is 0. The van der Waals surface area contributed by atoms with Gasteiger partial charge in [0.1, 0.15) is 0 Å². The van der Waals surface area contributed by atoms with Crippen molar-refractivity contribution in [2.24, 2.45) is 5.73 Å². The second-order valence-electron chi connectivity index (χ2n) is 5.56. The largest absolute Gasteiger partial charge is 0.323 e. The molecule has 4 nitrogen and oxygen atoms in total. The van der Waals surface area contributed by atoms with Crippen LogP contribution in [-0.2, 0) is 16.3 Å². The number of nitrogens with zero attached hydrogens (tertiary/aromatic N) is 1. The molecule has 110 valence electrons. The van der Waals surface area contributed by atoms with Crippen molar-refractivity contribution in [1.29, 1.82) is 0 Å². The first-order valence-corrected chi connectivity index (χ1v) is 8.85. The Kier molecular flexibility index (Phi) is 3.55. The Bertz CT molecular complexity index is 754. The van der Waals surface area contributed by atoms with Crippen LogP contribution in [0, 0.1) is 0 Å². The summed E-state index contributed by atoms with van der Waals surface area (Å²) < 4.78 is 23.0. The zero-order valence-corrected chi connectivity index (χ0v) is 12.7. The number of fused-ring (bicyclic) bond motifs is 1. The normalized spacial score (nSPS) is 19.2. The van der Waals surface area contributed by atoms with Crippen molar-refractivity contribution in [1.82, 2.24) is 4.98 Å². The van der Waals surface area contributed by atoms with Gasteiger partial charge in [0, 0.05) is 30.1 Å². The second kappa shape index (κ2) is 5.24. The summed E-state index contributed by atoms with van der Waals surface area (Å²) in [6.07, 6.45) is 5.00. The van der Waals surface area contributed by atoms with Gasteiger partial charge in [-0.3, -0.25) is 4.98 Å². The molecule has 5 heteroatoms. The Morgan fingerprint density at radius 2 is 1.95 bits per heavy atom. The summed E-state index contributed by atoms with van der Waals surface area (Å²) in [4.78, 5) is 4.79. The van der Waals surface area contributed by atoms with E-state index in [-0.39, 0.29) is 12.0 Å². The van der Waals surface area contributed by atoms with Crippen LogP contribution in [0.25, 0.3) is 0 Å². The van der Waals surface area contributed by atoms with Crippen LogP contribution in [0.1, 0.15) is 35.2 Å². The van der Waals surface area contributed by atoms with Gasteiger partial charge in [-0.15, -0.1) is 0 Å². The third-order valence-electron chi connectivity index (χ3n) is 4.13. The van der Waals surface area contributed by atoms with Crippen LogP contribution in [-0.4, -0.2) is 19.7 Å². The summed E-state index contributed by atoms with van der Waals surface area (Å²) in [5, 5.41) is 0. The fourth-order valence-corrected chi connectivity index (χ4v) is 3.59. The van der Waals surface area contributed by atoms with E-state index in [1.54, 1.807) is 18.3 Å². The SMILES string of the molecule is CS(=O)(=O)c1ccc(C(N)C2CCc3cccnc32)cc1.